The molecule has 0 radical (unpaired) electrons. The van der Waals surface area contributed by atoms with Gasteiger partial charge < -0.3 is 15.4 Å². The number of ether oxygens (including phenoxy) is 1. The summed E-state index contributed by atoms with van der Waals surface area (Å²) < 4.78 is 5.73. The monoisotopic (exact) mass is 278 g/mol. The van der Waals surface area contributed by atoms with E-state index in [0.717, 1.165) is 44.0 Å². The van der Waals surface area contributed by atoms with Crippen LogP contribution in [0.5, 0.6) is 0 Å². The number of rotatable bonds is 7. The molecule has 0 bridgehead atoms. The van der Waals surface area contributed by atoms with Crippen molar-refractivity contribution in [2.75, 3.05) is 30.3 Å². The number of nitrogens with zero attached hydrogens (tertiary/aromatic N) is 2. The molecule has 1 fully saturated rings. The van der Waals surface area contributed by atoms with E-state index in [-0.39, 0.29) is 0 Å². The first-order valence-corrected chi connectivity index (χ1v) is 7.73. The van der Waals surface area contributed by atoms with Crippen LogP contribution in [-0.4, -0.2) is 35.8 Å². The van der Waals surface area contributed by atoms with Gasteiger partial charge >= 0.3 is 0 Å². The van der Waals surface area contributed by atoms with Gasteiger partial charge in [0.2, 0.25) is 5.95 Å². The van der Waals surface area contributed by atoms with Gasteiger partial charge in [-0.2, -0.15) is 4.98 Å². The van der Waals surface area contributed by atoms with Gasteiger partial charge in [-0.05, 0) is 39.0 Å². The lowest BCUT2D eigenvalue weighted by Crippen LogP contribution is -2.22. The molecule has 2 N–H and O–H groups in total. The number of hydrogen-bond acceptors (Lipinski definition) is 5. The van der Waals surface area contributed by atoms with E-state index in [2.05, 4.69) is 27.5 Å². The molecule has 0 aliphatic carbocycles. The molecular formula is C15H26N4O. The molecule has 20 heavy (non-hydrogen) atoms. The lowest BCUT2D eigenvalue weighted by Gasteiger charge is -2.22. The van der Waals surface area contributed by atoms with E-state index in [4.69, 9.17) is 4.74 Å². The fourth-order valence-electron chi connectivity index (χ4n) is 2.37. The van der Waals surface area contributed by atoms with Crippen LogP contribution in [0.15, 0.2) is 6.07 Å². The third-order valence-corrected chi connectivity index (χ3v) is 3.43. The van der Waals surface area contributed by atoms with Gasteiger partial charge in [0.25, 0.3) is 0 Å². The van der Waals surface area contributed by atoms with E-state index in [1.54, 1.807) is 0 Å². The lowest BCUT2D eigenvalue weighted by atomic mass is 10.1. The zero-order valence-electron chi connectivity index (χ0n) is 12.6. The minimum absolute atomic E-state index is 0.414. The minimum Gasteiger partial charge on any atom is -0.378 e. The first-order valence-electron chi connectivity index (χ1n) is 7.73. The predicted octanol–water partition coefficient (Wildman–Crippen LogP) is 2.98. The molecule has 1 aromatic heterocycles. The maximum Gasteiger partial charge on any atom is 0.224 e. The Labute approximate surface area is 121 Å². The van der Waals surface area contributed by atoms with E-state index >= 15 is 0 Å². The summed E-state index contributed by atoms with van der Waals surface area (Å²) in [5.41, 5.74) is 0.981. The molecule has 1 aromatic rings. The zero-order valence-corrected chi connectivity index (χ0v) is 12.6. The Kier molecular flexibility index (Phi) is 6.05. The number of aromatic nitrogens is 2. The Morgan fingerprint density at radius 3 is 2.90 bits per heavy atom. The van der Waals surface area contributed by atoms with Gasteiger partial charge in [0.05, 0.1) is 6.10 Å². The van der Waals surface area contributed by atoms with Gasteiger partial charge in [0.15, 0.2) is 0 Å². The smallest absolute Gasteiger partial charge is 0.224 e. The Hall–Kier alpha value is -1.36. The summed E-state index contributed by atoms with van der Waals surface area (Å²) in [6.07, 6.45) is 6.22. The van der Waals surface area contributed by atoms with Crippen LogP contribution in [0, 0.1) is 6.92 Å². The van der Waals surface area contributed by atoms with Crippen molar-refractivity contribution in [3.63, 3.8) is 0 Å². The highest BCUT2D eigenvalue weighted by Gasteiger charge is 2.13. The Bertz CT molecular complexity index is 405. The fourth-order valence-corrected chi connectivity index (χ4v) is 2.37. The van der Waals surface area contributed by atoms with E-state index in [1.165, 1.54) is 19.3 Å². The average Bonchev–Trinajstić information content (AvgIpc) is 2.46. The SMILES string of the molecule is CCCNc1nc(C)cc(NCCC2CCCCO2)n1. The molecular weight excluding hydrogens is 252 g/mol. The highest BCUT2D eigenvalue weighted by Crippen LogP contribution is 2.16. The summed E-state index contributed by atoms with van der Waals surface area (Å²) >= 11 is 0. The number of anilines is 2. The molecule has 0 spiro atoms. The molecule has 1 saturated heterocycles. The van der Waals surface area contributed by atoms with E-state index < -0.39 is 0 Å². The van der Waals surface area contributed by atoms with Gasteiger partial charge in [-0.1, -0.05) is 6.92 Å². The van der Waals surface area contributed by atoms with Gasteiger partial charge in [-0.15, -0.1) is 0 Å². The summed E-state index contributed by atoms with van der Waals surface area (Å²) in [5, 5.41) is 6.61. The van der Waals surface area contributed by atoms with Crippen LogP contribution in [0.25, 0.3) is 0 Å². The predicted molar refractivity (Wildman–Crippen MR) is 82.2 cm³/mol. The molecule has 112 valence electrons. The highest BCUT2D eigenvalue weighted by atomic mass is 16.5. The zero-order chi connectivity index (χ0) is 14.2. The second-order valence-electron chi connectivity index (χ2n) is 5.35. The molecule has 1 aliphatic heterocycles. The van der Waals surface area contributed by atoms with Crippen molar-refractivity contribution in [2.45, 2.75) is 52.1 Å². The van der Waals surface area contributed by atoms with Crippen molar-refractivity contribution in [3.8, 4) is 0 Å². The second kappa shape index (κ2) is 8.04. The van der Waals surface area contributed by atoms with Crippen molar-refractivity contribution in [1.82, 2.24) is 9.97 Å². The lowest BCUT2D eigenvalue weighted by molar-refractivity contribution is 0.0134. The normalized spacial score (nSPS) is 18.8. The van der Waals surface area contributed by atoms with Crippen LogP contribution in [0.3, 0.4) is 0 Å². The first-order chi connectivity index (χ1) is 9.78. The van der Waals surface area contributed by atoms with Crippen molar-refractivity contribution in [2.24, 2.45) is 0 Å². The van der Waals surface area contributed by atoms with E-state index in [0.29, 0.717) is 12.1 Å². The second-order valence-corrected chi connectivity index (χ2v) is 5.35. The highest BCUT2D eigenvalue weighted by molar-refractivity contribution is 5.42. The summed E-state index contributed by atoms with van der Waals surface area (Å²) in [4.78, 5) is 8.86. The molecule has 5 heteroatoms. The van der Waals surface area contributed by atoms with Gasteiger partial charge in [0.1, 0.15) is 5.82 Å². The Morgan fingerprint density at radius 2 is 2.15 bits per heavy atom. The van der Waals surface area contributed by atoms with E-state index in [9.17, 15) is 0 Å². The topological polar surface area (TPSA) is 59.1 Å². The molecule has 5 nitrogen and oxygen atoms in total. The van der Waals surface area contributed by atoms with Gasteiger partial charge in [-0.3, -0.25) is 0 Å². The Morgan fingerprint density at radius 1 is 1.25 bits per heavy atom. The summed E-state index contributed by atoms with van der Waals surface area (Å²) in [6, 6.07) is 1.98. The number of aryl methyl sites for hydroxylation is 1. The quantitative estimate of drug-likeness (QED) is 0.803. The summed E-state index contributed by atoms with van der Waals surface area (Å²) in [5.74, 6) is 1.61. The minimum atomic E-state index is 0.414. The largest absolute Gasteiger partial charge is 0.378 e. The van der Waals surface area contributed by atoms with Crippen LogP contribution in [0.4, 0.5) is 11.8 Å². The molecule has 1 unspecified atom stereocenters. The van der Waals surface area contributed by atoms with E-state index in [1.807, 2.05) is 13.0 Å². The maximum absolute atomic E-state index is 5.73. The summed E-state index contributed by atoms with van der Waals surface area (Å²) in [7, 11) is 0. The molecule has 0 amide bonds. The van der Waals surface area contributed by atoms with Crippen LogP contribution >= 0.6 is 0 Å². The van der Waals surface area contributed by atoms with Gasteiger partial charge in [0, 0.05) is 31.5 Å². The van der Waals surface area contributed by atoms with Crippen LogP contribution in [0.1, 0.15) is 44.7 Å². The molecule has 0 saturated carbocycles. The van der Waals surface area contributed by atoms with Crippen molar-refractivity contribution in [3.05, 3.63) is 11.8 Å². The molecule has 1 aliphatic rings. The third-order valence-electron chi connectivity index (χ3n) is 3.43. The molecule has 2 rings (SSSR count). The number of hydrogen-bond donors (Lipinski definition) is 2. The molecule has 0 aromatic carbocycles. The molecule has 2 heterocycles. The van der Waals surface area contributed by atoms with Crippen molar-refractivity contribution >= 4 is 11.8 Å². The van der Waals surface area contributed by atoms with Crippen molar-refractivity contribution < 1.29 is 4.74 Å². The number of nitrogens with one attached hydrogen (secondary N) is 2. The fraction of sp³-hybridized carbons (Fsp3) is 0.733. The van der Waals surface area contributed by atoms with Crippen LogP contribution in [0.2, 0.25) is 0 Å². The van der Waals surface area contributed by atoms with Crippen LogP contribution < -0.4 is 10.6 Å². The first kappa shape index (κ1) is 15.0. The Balaban J connectivity index is 1.80. The standard InChI is InChI=1S/C15H26N4O/c1-3-8-17-15-18-12(2)11-14(19-15)16-9-7-13-6-4-5-10-20-13/h11,13H,3-10H2,1-2H3,(H2,16,17,18,19). The maximum atomic E-state index is 5.73. The average molecular weight is 278 g/mol. The summed E-state index contributed by atoms with van der Waals surface area (Å²) in [6.45, 7) is 6.84. The van der Waals surface area contributed by atoms with Crippen LogP contribution in [-0.2, 0) is 4.74 Å². The third kappa shape index (κ3) is 4.96. The van der Waals surface area contributed by atoms with Gasteiger partial charge in [-0.25, -0.2) is 4.98 Å². The van der Waals surface area contributed by atoms with Crippen molar-refractivity contribution in [1.29, 1.82) is 0 Å². The molecule has 1 atom stereocenters.